The Morgan fingerprint density at radius 1 is 1.05 bits per heavy atom. The van der Waals surface area contributed by atoms with E-state index in [1.807, 2.05) is 18.2 Å². The molecule has 1 heterocycles. The molecule has 0 unspecified atom stereocenters. The number of rotatable bonds is 3. The fourth-order valence-corrected chi connectivity index (χ4v) is 2.60. The zero-order chi connectivity index (χ0) is 14.8. The van der Waals surface area contributed by atoms with Gasteiger partial charge in [-0.3, -0.25) is 4.79 Å². The lowest BCUT2D eigenvalue weighted by Gasteiger charge is -2.07. The molecular formula is C18H16O3. The number of aryl methyl sites for hydroxylation is 3. The van der Waals surface area contributed by atoms with Gasteiger partial charge in [0, 0.05) is 12.1 Å². The second-order valence-electron chi connectivity index (χ2n) is 5.18. The highest BCUT2D eigenvalue weighted by Crippen LogP contribution is 2.24. The third kappa shape index (κ3) is 2.82. The van der Waals surface area contributed by atoms with Crippen molar-refractivity contribution in [3.8, 4) is 5.75 Å². The van der Waals surface area contributed by atoms with E-state index in [0.717, 1.165) is 12.0 Å². The minimum Gasteiger partial charge on any atom is -0.508 e. The first-order valence-corrected chi connectivity index (χ1v) is 6.94. The van der Waals surface area contributed by atoms with Gasteiger partial charge in [0.05, 0.1) is 5.39 Å². The van der Waals surface area contributed by atoms with Gasteiger partial charge in [0.2, 0.25) is 0 Å². The van der Waals surface area contributed by atoms with E-state index in [-0.39, 0.29) is 11.2 Å². The molecule has 0 amide bonds. The zero-order valence-electron chi connectivity index (χ0n) is 11.8. The predicted octanol–water partition coefficient (Wildman–Crippen LogP) is 3.59. The molecule has 0 aliphatic carbocycles. The third-order valence-corrected chi connectivity index (χ3v) is 3.55. The van der Waals surface area contributed by atoms with Gasteiger partial charge in [-0.1, -0.05) is 30.3 Å². The van der Waals surface area contributed by atoms with Crippen molar-refractivity contribution in [1.82, 2.24) is 0 Å². The second kappa shape index (κ2) is 5.44. The summed E-state index contributed by atoms with van der Waals surface area (Å²) in [7, 11) is 0. The van der Waals surface area contributed by atoms with Gasteiger partial charge in [-0.25, -0.2) is 0 Å². The molecule has 0 atom stereocenters. The Morgan fingerprint density at radius 3 is 2.57 bits per heavy atom. The van der Waals surface area contributed by atoms with Gasteiger partial charge in [-0.2, -0.15) is 0 Å². The molecule has 3 aromatic rings. The SMILES string of the molecule is Cc1cc(=O)c2c(CCc3ccccc3)cc(O)cc2o1. The van der Waals surface area contributed by atoms with E-state index in [2.05, 4.69) is 12.1 Å². The summed E-state index contributed by atoms with van der Waals surface area (Å²) < 4.78 is 5.56. The number of hydrogen-bond acceptors (Lipinski definition) is 3. The maximum absolute atomic E-state index is 12.2. The van der Waals surface area contributed by atoms with Gasteiger partial charge in [-0.15, -0.1) is 0 Å². The number of benzene rings is 2. The topological polar surface area (TPSA) is 50.4 Å². The van der Waals surface area contributed by atoms with E-state index < -0.39 is 0 Å². The average molecular weight is 280 g/mol. The number of fused-ring (bicyclic) bond motifs is 1. The van der Waals surface area contributed by atoms with Crippen LogP contribution in [-0.4, -0.2) is 5.11 Å². The lowest BCUT2D eigenvalue weighted by Crippen LogP contribution is -2.05. The first-order valence-electron chi connectivity index (χ1n) is 6.94. The molecule has 3 nitrogen and oxygen atoms in total. The molecule has 0 bridgehead atoms. The van der Waals surface area contributed by atoms with E-state index >= 15 is 0 Å². The van der Waals surface area contributed by atoms with Crippen LogP contribution < -0.4 is 5.43 Å². The summed E-state index contributed by atoms with van der Waals surface area (Å²) in [6, 6.07) is 14.7. The van der Waals surface area contributed by atoms with Gasteiger partial charge in [0.15, 0.2) is 5.43 Å². The highest BCUT2D eigenvalue weighted by molar-refractivity contribution is 5.82. The zero-order valence-corrected chi connectivity index (χ0v) is 11.8. The van der Waals surface area contributed by atoms with Crippen molar-refractivity contribution in [3.05, 3.63) is 75.6 Å². The summed E-state index contributed by atoms with van der Waals surface area (Å²) in [5.74, 6) is 0.673. The summed E-state index contributed by atoms with van der Waals surface area (Å²) in [5, 5.41) is 10.4. The van der Waals surface area contributed by atoms with E-state index in [1.54, 1.807) is 13.0 Å². The van der Waals surface area contributed by atoms with Gasteiger partial charge < -0.3 is 9.52 Å². The fraction of sp³-hybridized carbons (Fsp3) is 0.167. The van der Waals surface area contributed by atoms with Crippen LogP contribution in [0.4, 0.5) is 0 Å². The first-order chi connectivity index (χ1) is 10.1. The Kier molecular flexibility index (Phi) is 3.48. The minimum absolute atomic E-state index is 0.0585. The van der Waals surface area contributed by atoms with Crippen molar-refractivity contribution in [2.45, 2.75) is 19.8 Å². The molecule has 0 fully saturated rings. The molecule has 0 spiro atoms. The van der Waals surface area contributed by atoms with Crippen molar-refractivity contribution in [1.29, 1.82) is 0 Å². The molecule has 0 radical (unpaired) electrons. The molecule has 1 aromatic heterocycles. The van der Waals surface area contributed by atoms with Gasteiger partial charge in [-0.05, 0) is 37.0 Å². The maximum atomic E-state index is 12.2. The third-order valence-electron chi connectivity index (χ3n) is 3.55. The number of hydrogen-bond donors (Lipinski definition) is 1. The molecule has 106 valence electrons. The molecule has 2 aromatic carbocycles. The monoisotopic (exact) mass is 280 g/mol. The maximum Gasteiger partial charge on any atom is 0.193 e. The molecular weight excluding hydrogens is 264 g/mol. The fourth-order valence-electron chi connectivity index (χ4n) is 2.60. The normalized spacial score (nSPS) is 10.9. The summed E-state index contributed by atoms with van der Waals surface area (Å²) >= 11 is 0. The minimum atomic E-state index is -0.0585. The van der Waals surface area contributed by atoms with Gasteiger partial charge in [0.1, 0.15) is 17.1 Å². The highest BCUT2D eigenvalue weighted by Gasteiger charge is 2.10. The van der Waals surface area contributed by atoms with Crippen LogP contribution in [0.2, 0.25) is 0 Å². The van der Waals surface area contributed by atoms with Crippen LogP contribution in [0.3, 0.4) is 0 Å². The smallest absolute Gasteiger partial charge is 0.193 e. The Bertz CT molecular complexity index is 827. The van der Waals surface area contributed by atoms with Crippen molar-refractivity contribution in [3.63, 3.8) is 0 Å². The average Bonchev–Trinajstić information content (AvgIpc) is 2.44. The lowest BCUT2D eigenvalue weighted by atomic mass is 10.0. The van der Waals surface area contributed by atoms with E-state index in [0.29, 0.717) is 23.2 Å². The lowest BCUT2D eigenvalue weighted by molar-refractivity contribution is 0.472. The molecule has 1 N–H and O–H groups in total. The van der Waals surface area contributed by atoms with Crippen LogP contribution in [0, 0.1) is 6.92 Å². The largest absolute Gasteiger partial charge is 0.508 e. The molecule has 0 aliphatic heterocycles. The van der Waals surface area contributed by atoms with Crippen LogP contribution in [0.5, 0.6) is 5.75 Å². The molecule has 21 heavy (non-hydrogen) atoms. The number of phenols is 1. The number of aromatic hydroxyl groups is 1. The molecule has 3 rings (SSSR count). The Balaban J connectivity index is 2.03. The Labute approximate surface area is 122 Å². The molecule has 0 saturated heterocycles. The van der Waals surface area contributed by atoms with Crippen LogP contribution in [-0.2, 0) is 12.8 Å². The Morgan fingerprint density at radius 2 is 1.81 bits per heavy atom. The van der Waals surface area contributed by atoms with Crippen molar-refractivity contribution >= 4 is 11.0 Å². The van der Waals surface area contributed by atoms with Crippen molar-refractivity contribution in [2.24, 2.45) is 0 Å². The number of phenolic OH excluding ortho intramolecular Hbond substituents is 1. The molecule has 3 heteroatoms. The summed E-state index contributed by atoms with van der Waals surface area (Å²) in [6.07, 6.45) is 1.50. The Hall–Kier alpha value is -2.55. The predicted molar refractivity (Wildman–Crippen MR) is 82.7 cm³/mol. The van der Waals surface area contributed by atoms with Crippen LogP contribution >= 0.6 is 0 Å². The van der Waals surface area contributed by atoms with Crippen LogP contribution in [0.1, 0.15) is 16.9 Å². The second-order valence-corrected chi connectivity index (χ2v) is 5.18. The molecule has 0 saturated carbocycles. The van der Waals surface area contributed by atoms with Gasteiger partial charge >= 0.3 is 0 Å². The molecule has 0 aliphatic rings. The van der Waals surface area contributed by atoms with Crippen molar-refractivity contribution in [2.75, 3.05) is 0 Å². The van der Waals surface area contributed by atoms with Crippen LogP contribution in [0.15, 0.2) is 57.7 Å². The van der Waals surface area contributed by atoms with Crippen molar-refractivity contribution < 1.29 is 9.52 Å². The quantitative estimate of drug-likeness (QED) is 0.797. The highest BCUT2D eigenvalue weighted by atomic mass is 16.3. The summed E-state index contributed by atoms with van der Waals surface area (Å²) in [4.78, 5) is 12.2. The van der Waals surface area contributed by atoms with E-state index in [9.17, 15) is 9.90 Å². The van der Waals surface area contributed by atoms with Crippen LogP contribution in [0.25, 0.3) is 11.0 Å². The first kappa shape index (κ1) is 13.4. The van der Waals surface area contributed by atoms with E-state index in [1.165, 1.54) is 17.7 Å². The summed E-state index contributed by atoms with van der Waals surface area (Å²) in [6.45, 7) is 1.73. The standard InChI is InChI=1S/C18H16O3/c1-12-9-16(20)18-14(10-15(19)11-17(18)21-12)8-7-13-5-3-2-4-6-13/h2-6,9-11,19H,7-8H2,1H3. The van der Waals surface area contributed by atoms with Gasteiger partial charge in [0.25, 0.3) is 0 Å². The van der Waals surface area contributed by atoms with E-state index in [4.69, 9.17) is 4.42 Å². The summed E-state index contributed by atoms with van der Waals surface area (Å²) in [5.41, 5.74) is 2.41.